The Morgan fingerprint density at radius 2 is 1.67 bits per heavy atom. The summed E-state index contributed by atoms with van der Waals surface area (Å²) in [6.07, 6.45) is 0. The van der Waals surface area contributed by atoms with E-state index in [1.165, 1.54) is 10.5 Å². The van der Waals surface area contributed by atoms with Gasteiger partial charge in [-0.05, 0) is 48.0 Å². The summed E-state index contributed by atoms with van der Waals surface area (Å²) in [6, 6.07) is 25.1. The van der Waals surface area contributed by atoms with Crippen LogP contribution in [0.1, 0.15) is 15.9 Å². The number of rotatable bonds is 5. The molecule has 1 N–H and O–H groups in total. The van der Waals surface area contributed by atoms with E-state index in [4.69, 9.17) is 11.6 Å². The molecule has 0 saturated heterocycles. The maximum Gasteiger partial charge on any atom is 0.255 e. The molecule has 0 aliphatic rings. The molecule has 4 heteroatoms. The third-order valence-corrected chi connectivity index (χ3v) is 4.77. The van der Waals surface area contributed by atoms with Crippen molar-refractivity contribution in [2.24, 2.45) is 0 Å². The topological polar surface area (TPSA) is 29.1 Å². The number of anilines is 1. The van der Waals surface area contributed by atoms with Crippen LogP contribution in [0.2, 0.25) is 5.02 Å². The molecule has 120 valence electrons. The van der Waals surface area contributed by atoms with E-state index in [9.17, 15) is 4.79 Å². The minimum absolute atomic E-state index is 0.139. The highest BCUT2D eigenvalue weighted by atomic mass is 35.5. The number of hydrogen-bond donors (Lipinski definition) is 1. The molecule has 0 heterocycles. The molecule has 24 heavy (non-hydrogen) atoms. The molecule has 3 aromatic rings. The van der Waals surface area contributed by atoms with E-state index in [-0.39, 0.29) is 5.91 Å². The zero-order chi connectivity index (χ0) is 16.8. The Balaban J connectivity index is 1.60. The quantitative estimate of drug-likeness (QED) is 0.580. The van der Waals surface area contributed by atoms with Crippen LogP contribution < -0.4 is 5.32 Å². The normalized spacial score (nSPS) is 10.4. The minimum atomic E-state index is -0.139. The maximum absolute atomic E-state index is 12.3. The lowest BCUT2D eigenvalue weighted by molar-refractivity contribution is 0.102. The van der Waals surface area contributed by atoms with E-state index >= 15 is 0 Å². The van der Waals surface area contributed by atoms with Crippen LogP contribution in [0.4, 0.5) is 5.69 Å². The molecular formula is C20H16ClNOS. The molecule has 2 nitrogen and oxygen atoms in total. The predicted octanol–water partition coefficient (Wildman–Crippen LogP) is 5.88. The smallest absolute Gasteiger partial charge is 0.255 e. The lowest BCUT2D eigenvalue weighted by atomic mass is 10.1. The van der Waals surface area contributed by atoms with Gasteiger partial charge in [-0.3, -0.25) is 4.79 Å². The van der Waals surface area contributed by atoms with Crippen LogP contribution in [0.5, 0.6) is 0 Å². The summed E-state index contributed by atoms with van der Waals surface area (Å²) in [4.78, 5) is 13.5. The first-order chi connectivity index (χ1) is 11.7. The Morgan fingerprint density at radius 1 is 0.917 bits per heavy atom. The van der Waals surface area contributed by atoms with Crippen molar-refractivity contribution in [3.63, 3.8) is 0 Å². The van der Waals surface area contributed by atoms with Crippen molar-refractivity contribution in [1.29, 1.82) is 0 Å². The van der Waals surface area contributed by atoms with Gasteiger partial charge in [0.2, 0.25) is 0 Å². The SMILES string of the molecule is O=C(Nc1cccc(Cl)c1)c1ccc(CSc2ccccc2)cc1. The minimum Gasteiger partial charge on any atom is -0.322 e. The van der Waals surface area contributed by atoms with Crippen LogP contribution >= 0.6 is 23.4 Å². The van der Waals surface area contributed by atoms with E-state index in [0.29, 0.717) is 16.3 Å². The summed E-state index contributed by atoms with van der Waals surface area (Å²) in [7, 11) is 0. The Bertz CT molecular complexity index is 819. The van der Waals surface area contributed by atoms with Crippen molar-refractivity contribution in [2.45, 2.75) is 10.6 Å². The lowest BCUT2D eigenvalue weighted by Gasteiger charge is -2.07. The molecule has 0 aliphatic carbocycles. The lowest BCUT2D eigenvalue weighted by Crippen LogP contribution is -2.11. The Morgan fingerprint density at radius 3 is 2.38 bits per heavy atom. The summed E-state index contributed by atoms with van der Waals surface area (Å²) >= 11 is 7.70. The van der Waals surface area contributed by atoms with Crippen LogP contribution in [-0.4, -0.2) is 5.91 Å². The van der Waals surface area contributed by atoms with Gasteiger partial charge in [0, 0.05) is 26.9 Å². The average Bonchev–Trinajstić information content (AvgIpc) is 2.61. The van der Waals surface area contributed by atoms with Crippen molar-refractivity contribution in [2.75, 3.05) is 5.32 Å². The molecule has 0 radical (unpaired) electrons. The first-order valence-corrected chi connectivity index (χ1v) is 8.91. The van der Waals surface area contributed by atoms with Crippen molar-refractivity contribution >= 4 is 35.0 Å². The van der Waals surface area contributed by atoms with E-state index in [2.05, 4.69) is 17.4 Å². The van der Waals surface area contributed by atoms with Crippen molar-refractivity contribution < 1.29 is 4.79 Å². The molecule has 0 bridgehead atoms. The molecule has 3 aromatic carbocycles. The van der Waals surface area contributed by atoms with Crippen LogP contribution in [0.15, 0.2) is 83.8 Å². The third-order valence-electron chi connectivity index (χ3n) is 3.45. The van der Waals surface area contributed by atoms with Crippen LogP contribution in [-0.2, 0) is 5.75 Å². The number of carbonyl (C=O) groups excluding carboxylic acids is 1. The maximum atomic E-state index is 12.3. The summed E-state index contributed by atoms with van der Waals surface area (Å²) in [5, 5.41) is 3.45. The van der Waals surface area contributed by atoms with Crippen LogP contribution in [0, 0.1) is 0 Å². The summed E-state index contributed by atoms with van der Waals surface area (Å²) < 4.78 is 0. The van der Waals surface area contributed by atoms with Gasteiger partial charge in [0.1, 0.15) is 0 Å². The monoisotopic (exact) mass is 353 g/mol. The van der Waals surface area contributed by atoms with Gasteiger partial charge in [0.05, 0.1) is 0 Å². The van der Waals surface area contributed by atoms with Crippen LogP contribution in [0.3, 0.4) is 0 Å². The average molecular weight is 354 g/mol. The Labute approximate surface area is 150 Å². The van der Waals surface area contributed by atoms with Gasteiger partial charge in [0.25, 0.3) is 5.91 Å². The highest BCUT2D eigenvalue weighted by molar-refractivity contribution is 7.98. The van der Waals surface area contributed by atoms with Gasteiger partial charge in [-0.15, -0.1) is 11.8 Å². The Hall–Kier alpha value is -2.23. The van der Waals surface area contributed by atoms with Gasteiger partial charge in [0.15, 0.2) is 0 Å². The van der Waals surface area contributed by atoms with Crippen molar-refractivity contribution in [3.05, 3.63) is 95.0 Å². The fourth-order valence-electron chi connectivity index (χ4n) is 2.21. The van der Waals surface area contributed by atoms with Crippen molar-refractivity contribution in [3.8, 4) is 0 Å². The second kappa shape index (κ2) is 8.04. The molecule has 0 fully saturated rings. The third kappa shape index (κ3) is 4.63. The molecule has 1 amide bonds. The molecule has 0 aliphatic heterocycles. The fraction of sp³-hybridized carbons (Fsp3) is 0.0500. The largest absolute Gasteiger partial charge is 0.322 e. The highest BCUT2D eigenvalue weighted by Crippen LogP contribution is 2.22. The van der Waals surface area contributed by atoms with Gasteiger partial charge in [-0.2, -0.15) is 0 Å². The molecule has 0 saturated carbocycles. The van der Waals surface area contributed by atoms with Gasteiger partial charge in [-0.1, -0.05) is 48.0 Å². The van der Waals surface area contributed by atoms with Crippen molar-refractivity contribution in [1.82, 2.24) is 0 Å². The van der Waals surface area contributed by atoms with Gasteiger partial charge in [-0.25, -0.2) is 0 Å². The number of carbonyl (C=O) groups is 1. The summed E-state index contributed by atoms with van der Waals surface area (Å²) in [5.41, 5.74) is 2.50. The standard InChI is InChI=1S/C20H16ClNOS/c21-17-5-4-6-18(13-17)22-20(23)16-11-9-15(10-12-16)14-24-19-7-2-1-3-8-19/h1-13H,14H2,(H,22,23). The molecule has 3 rings (SSSR count). The van der Waals surface area contributed by atoms with Crippen LogP contribution in [0.25, 0.3) is 0 Å². The number of thioether (sulfide) groups is 1. The fourth-order valence-corrected chi connectivity index (χ4v) is 3.27. The molecule has 0 aromatic heterocycles. The van der Waals surface area contributed by atoms with Gasteiger partial charge >= 0.3 is 0 Å². The highest BCUT2D eigenvalue weighted by Gasteiger charge is 2.06. The van der Waals surface area contributed by atoms with E-state index in [1.807, 2.05) is 54.6 Å². The number of hydrogen-bond acceptors (Lipinski definition) is 2. The predicted molar refractivity (Wildman–Crippen MR) is 102 cm³/mol. The molecule has 0 spiro atoms. The van der Waals surface area contributed by atoms with E-state index in [1.54, 1.807) is 23.9 Å². The van der Waals surface area contributed by atoms with Gasteiger partial charge < -0.3 is 5.32 Å². The van der Waals surface area contributed by atoms with E-state index < -0.39 is 0 Å². The second-order valence-electron chi connectivity index (χ2n) is 5.26. The molecule has 0 atom stereocenters. The number of nitrogens with one attached hydrogen (secondary N) is 1. The number of benzene rings is 3. The Kier molecular flexibility index (Phi) is 5.57. The summed E-state index contributed by atoms with van der Waals surface area (Å²) in [5.74, 6) is 0.736. The second-order valence-corrected chi connectivity index (χ2v) is 6.75. The van der Waals surface area contributed by atoms with E-state index in [0.717, 1.165) is 5.75 Å². The molecular weight excluding hydrogens is 338 g/mol. The molecule has 0 unspecified atom stereocenters. The zero-order valence-corrected chi connectivity index (χ0v) is 14.5. The first-order valence-electron chi connectivity index (χ1n) is 7.54. The number of halogens is 1. The zero-order valence-electron chi connectivity index (χ0n) is 12.9. The number of amides is 1. The first kappa shape index (κ1) is 16.6. The summed E-state index contributed by atoms with van der Waals surface area (Å²) in [6.45, 7) is 0.